The largest absolute Gasteiger partial charge is 0.368 e. The molecule has 5 heteroatoms. The summed E-state index contributed by atoms with van der Waals surface area (Å²) in [6.45, 7) is 1.13. The Morgan fingerprint density at radius 1 is 1.53 bits per heavy atom. The van der Waals surface area contributed by atoms with Gasteiger partial charge < -0.3 is 5.73 Å². The number of hydrogen-bond acceptors (Lipinski definition) is 3. The average molecular weight is 261 g/mol. The summed E-state index contributed by atoms with van der Waals surface area (Å²) >= 11 is 0. The minimum Gasteiger partial charge on any atom is -0.368 e. The van der Waals surface area contributed by atoms with Crippen LogP contribution < -0.4 is 5.73 Å². The van der Waals surface area contributed by atoms with E-state index in [2.05, 4.69) is 0 Å². The summed E-state index contributed by atoms with van der Waals surface area (Å²) in [6.07, 6.45) is 2.69. The van der Waals surface area contributed by atoms with Crippen molar-refractivity contribution in [2.45, 2.75) is 31.8 Å². The number of nitriles is 1. The number of rotatable bonds is 3. The summed E-state index contributed by atoms with van der Waals surface area (Å²) in [6, 6.07) is 5.82. The van der Waals surface area contributed by atoms with Crippen LogP contribution in [0.2, 0.25) is 0 Å². The lowest BCUT2D eigenvalue weighted by Crippen LogP contribution is -2.47. The van der Waals surface area contributed by atoms with Gasteiger partial charge in [-0.05, 0) is 43.1 Å². The SMILES string of the molecule is N#Cc1ccc(F)cc1CN1CCCCC1C(N)=O. The van der Waals surface area contributed by atoms with E-state index in [1.807, 2.05) is 11.0 Å². The Bertz CT molecular complexity index is 524. The molecule has 1 saturated heterocycles. The van der Waals surface area contributed by atoms with Crippen molar-refractivity contribution in [2.75, 3.05) is 6.54 Å². The molecule has 1 amide bonds. The topological polar surface area (TPSA) is 70.1 Å². The first-order chi connectivity index (χ1) is 9.11. The quantitative estimate of drug-likeness (QED) is 0.897. The highest BCUT2D eigenvalue weighted by atomic mass is 19.1. The second kappa shape index (κ2) is 5.81. The highest BCUT2D eigenvalue weighted by Gasteiger charge is 2.27. The number of carbonyl (C=O) groups is 1. The minimum absolute atomic E-state index is 0.316. The van der Waals surface area contributed by atoms with Crippen LogP contribution in [0.25, 0.3) is 0 Å². The van der Waals surface area contributed by atoms with E-state index in [4.69, 9.17) is 11.0 Å². The van der Waals surface area contributed by atoms with Gasteiger partial charge >= 0.3 is 0 Å². The van der Waals surface area contributed by atoms with Gasteiger partial charge in [0.2, 0.25) is 5.91 Å². The third-order valence-electron chi connectivity index (χ3n) is 3.50. The fraction of sp³-hybridized carbons (Fsp3) is 0.429. The van der Waals surface area contributed by atoms with Gasteiger partial charge in [0.15, 0.2) is 0 Å². The van der Waals surface area contributed by atoms with Crippen LogP contribution in [-0.2, 0) is 11.3 Å². The van der Waals surface area contributed by atoms with E-state index in [9.17, 15) is 9.18 Å². The Morgan fingerprint density at radius 2 is 2.32 bits per heavy atom. The van der Waals surface area contributed by atoms with Crippen molar-refractivity contribution < 1.29 is 9.18 Å². The Hall–Kier alpha value is -1.93. The lowest BCUT2D eigenvalue weighted by atomic mass is 9.99. The molecule has 100 valence electrons. The Morgan fingerprint density at radius 3 is 3.00 bits per heavy atom. The molecule has 0 radical (unpaired) electrons. The molecule has 1 atom stereocenters. The van der Waals surface area contributed by atoms with Crippen molar-refractivity contribution in [2.24, 2.45) is 5.73 Å². The number of amides is 1. The predicted molar refractivity (Wildman–Crippen MR) is 68.4 cm³/mol. The molecular weight excluding hydrogens is 245 g/mol. The summed E-state index contributed by atoms with van der Waals surface area (Å²) in [5.74, 6) is -0.726. The van der Waals surface area contributed by atoms with Crippen molar-refractivity contribution >= 4 is 5.91 Å². The molecule has 2 N–H and O–H groups in total. The molecule has 0 aromatic heterocycles. The van der Waals surface area contributed by atoms with E-state index in [0.29, 0.717) is 17.7 Å². The predicted octanol–water partition coefficient (Wildman–Crippen LogP) is 1.54. The van der Waals surface area contributed by atoms with Gasteiger partial charge in [0, 0.05) is 6.54 Å². The second-order valence-electron chi connectivity index (χ2n) is 4.80. The Balaban J connectivity index is 2.22. The lowest BCUT2D eigenvalue weighted by molar-refractivity contribution is -0.124. The zero-order chi connectivity index (χ0) is 13.8. The van der Waals surface area contributed by atoms with E-state index < -0.39 is 0 Å². The molecule has 0 bridgehead atoms. The molecule has 1 heterocycles. The summed E-state index contributed by atoms with van der Waals surface area (Å²) < 4.78 is 13.3. The molecule has 1 fully saturated rings. The van der Waals surface area contributed by atoms with Gasteiger partial charge in [-0.2, -0.15) is 5.26 Å². The number of nitrogens with two attached hydrogens (primary N) is 1. The summed E-state index contributed by atoms with van der Waals surface area (Å²) in [5.41, 5.74) is 6.44. The number of halogens is 1. The van der Waals surface area contributed by atoms with Crippen molar-refractivity contribution in [1.82, 2.24) is 4.90 Å². The number of nitrogens with zero attached hydrogens (tertiary/aromatic N) is 2. The number of carbonyl (C=O) groups excluding carboxylic acids is 1. The van der Waals surface area contributed by atoms with Crippen LogP contribution in [0.1, 0.15) is 30.4 Å². The van der Waals surface area contributed by atoms with Crippen molar-refractivity contribution in [1.29, 1.82) is 5.26 Å². The molecule has 0 aliphatic carbocycles. The molecule has 0 spiro atoms. The van der Waals surface area contributed by atoms with E-state index in [1.165, 1.54) is 18.2 Å². The van der Waals surface area contributed by atoms with Crippen molar-refractivity contribution in [3.8, 4) is 6.07 Å². The molecule has 4 nitrogen and oxygen atoms in total. The molecule has 1 unspecified atom stereocenters. The van der Waals surface area contributed by atoms with Crippen LogP contribution in [-0.4, -0.2) is 23.4 Å². The monoisotopic (exact) mass is 261 g/mol. The van der Waals surface area contributed by atoms with Crippen LogP contribution in [0.5, 0.6) is 0 Å². The maximum Gasteiger partial charge on any atom is 0.234 e. The molecule has 1 aromatic rings. The van der Waals surface area contributed by atoms with Gasteiger partial charge in [-0.1, -0.05) is 6.42 Å². The Kier molecular flexibility index (Phi) is 4.13. The fourth-order valence-corrected chi connectivity index (χ4v) is 2.52. The first-order valence-corrected chi connectivity index (χ1v) is 6.33. The normalized spacial score (nSPS) is 19.9. The highest BCUT2D eigenvalue weighted by molar-refractivity contribution is 5.79. The summed E-state index contributed by atoms with van der Waals surface area (Å²) in [4.78, 5) is 13.3. The molecule has 1 aromatic carbocycles. The molecule has 0 saturated carbocycles. The zero-order valence-electron chi connectivity index (χ0n) is 10.6. The minimum atomic E-state index is -0.373. The number of benzene rings is 1. The van der Waals surface area contributed by atoms with Crippen molar-refractivity contribution in [3.05, 3.63) is 35.1 Å². The standard InChI is InChI=1S/C14H16FN3O/c15-12-5-4-10(8-16)11(7-12)9-18-6-2-1-3-13(18)14(17)19/h4-5,7,13H,1-3,6,9H2,(H2,17,19). The van der Waals surface area contributed by atoms with E-state index in [1.54, 1.807) is 0 Å². The van der Waals surface area contributed by atoms with Crippen LogP contribution in [0.3, 0.4) is 0 Å². The third-order valence-corrected chi connectivity index (χ3v) is 3.50. The van der Waals surface area contributed by atoms with Gasteiger partial charge in [-0.3, -0.25) is 9.69 Å². The average Bonchev–Trinajstić information content (AvgIpc) is 2.39. The van der Waals surface area contributed by atoms with Gasteiger partial charge in [0.1, 0.15) is 5.82 Å². The van der Waals surface area contributed by atoms with E-state index >= 15 is 0 Å². The van der Waals surface area contributed by atoms with Crippen LogP contribution in [0, 0.1) is 17.1 Å². The summed E-state index contributed by atoms with van der Waals surface area (Å²) in [5, 5.41) is 9.03. The first-order valence-electron chi connectivity index (χ1n) is 6.33. The third kappa shape index (κ3) is 3.09. The van der Waals surface area contributed by atoms with Crippen LogP contribution in [0.4, 0.5) is 4.39 Å². The molecular formula is C14H16FN3O. The van der Waals surface area contributed by atoms with E-state index in [-0.39, 0.29) is 17.8 Å². The van der Waals surface area contributed by atoms with Crippen molar-refractivity contribution in [3.63, 3.8) is 0 Å². The molecule has 2 rings (SSSR count). The first kappa shape index (κ1) is 13.5. The number of piperidine rings is 1. The van der Waals surface area contributed by atoms with Gasteiger partial charge in [0.05, 0.1) is 17.7 Å². The molecule has 1 aliphatic heterocycles. The van der Waals surface area contributed by atoms with Gasteiger partial charge in [-0.25, -0.2) is 4.39 Å². The smallest absolute Gasteiger partial charge is 0.234 e. The van der Waals surface area contributed by atoms with E-state index in [0.717, 1.165) is 25.8 Å². The highest BCUT2D eigenvalue weighted by Crippen LogP contribution is 2.21. The number of hydrogen-bond donors (Lipinski definition) is 1. The number of primary amides is 1. The maximum absolute atomic E-state index is 13.3. The molecule has 19 heavy (non-hydrogen) atoms. The number of likely N-dealkylation sites (tertiary alicyclic amines) is 1. The van der Waals surface area contributed by atoms with Gasteiger partial charge in [0.25, 0.3) is 0 Å². The van der Waals surface area contributed by atoms with Crippen LogP contribution >= 0.6 is 0 Å². The fourth-order valence-electron chi connectivity index (χ4n) is 2.52. The summed E-state index contributed by atoms with van der Waals surface area (Å²) in [7, 11) is 0. The van der Waals surface area contributed by atoms with Gasteiger partial charge in [-0.15, -0.1) is 0 Å². The Labute approximate surface area is 111 Å². The van der Waals surface area contributed by atoms with Crippen LogP contribution in [0.15, 0.2) is 18.2 Å². The molecule has 1 aliphatic rings. The zero-order valence-corrected chi connectivity index (χ0v) is 10.6. The lowest BCUT2D eigenvalue weighted by Gasteiger charge is -2.33. The maximum atomic E-state index is 13.3. The second-order valence-corrected chi connectivity index (χ2v) is 4.80.